The monoisotopic (exact) mass is 350 g/mol. The lowest BCUT2D eigenvalue weighted by atomic mass is 10.0. The molecule has 0 unspecified atom stereocenters. The van der Waals surface area contributed by atoms with Crippen LogP contribution in [0.4, 0.5) is 13.2 Å². The van der Waals surface area contributed by atoms with Crippen molar-refractivity contribution < 1.29 is 26.4 Å². The third kappa shape index (κ3) is 4.44. The van der Waals surface area contributed by atoms with Gasteiger partial charge in [0.05, 0.1) is 17.4 Å². The SMILES string of the molecule is CS(=O)(=O)N1CCC(NC(=O)c2ccccc2C(F)(F)F)CC1. The molecule has 0 atom stereocenters. The first-order chi connectivity index (χ1) is 10.6. The highest BCUT2D eigenvalue weighted by atomic mass is 32.2. The van der Waals surface area contributed by atoms with E-state index in [-0.39, 0.29) is 19.1 Å². The van der Waals surface area contributed by atoms with Crippen LogP contribution in [-0.2, 0) is 16.2 Å². The van der Waals surface area contributed by atoms with E-state index in [0.717, 1.165) is 18.4 Å². The second kappa shape index (κ2) is 6.48. The van der Waals surface area contributed by atoms with Gasteiger partial charge in [-0.1, -0.05) is 12.1 Å². The second-order valence-electron chi connectivity index (χ2n) is 5.45. The maximum Gasteiger partial charge on any atom is 0.417 e. The molecule has 1 N–H and O–H groups in total. The van der Waals surface area contributed by atoms with Crippen molar-refractivity contribution in [1.29, 1.82) is 0 Å². The van der Waals surface area contributed by atoms with Crippen molar-refractivity contribution >= 4 is 15.9 Å². The van der Waals surface area contributed by atoms with Gasteiger partial charge >= 0.3 is 6.18 Å². The predicted octanol–water partition coefficient (Wildman–Crippen LogP) is 1.86. The minimum Gasteiger partial charge on any atom is -0.349 e. The first-order valence-corrected chi connectivity index (χ1v) is 8.86. The van der Waals surface area contributed by atoms with Gasteiger partial charge in [0, 0.05) is 19.1 Å². The number of amides is 1. The zero-order valence-electron chi connectivity index (χ0n) is 12.4. The molecule has 0 spiro atoms. The fourth-order valence-electron chi connectivity index (χ4n) is 2.52. The molecule has 1 aromatic carbocycles. The second-order valence-corrected chi connectivity index (χ2v) is 7.44. The Kier molecular flexibility index (Phi) is 5.00. The summed E-state index contributed by atoms with van der Waals surface area (Å²) in [6.45, 7) is 0.482. The van der Waals surface area contributed by atoms with Gasteiger partial charge in [0.1, 0.15) is 0 Å². The van der Waals surface area contributed by atoms with Crippen molar-refractivity contribution in [3.8, 4) is 0 Å². The van der Waals surface area contributed by atoms with E-state index in [9.17, 15) is 26.4 Å². The summed E-state index contributed by atoms with van der Waals surface area (Å²) in [5.74, 6) is -0.796. The minimum atomic E-state index is -4.60. The zero-order valence-corrected chi connectivity index (χ0v) is 13.2. The number of rotatable bonds is 3. The molecular formula is C14H17F3N2O3S. The molecule has 1 amide bonds. The van der Waals surface area contributed by atoms with Gasteiger partial charge in [0.15, 0.2) is 0 Å². The van der Waals surface area contributed by atoms with Crippen molar-refractivity contribution in [1.82, 2.24) is 9.62 Å². The predicted molar refractivity (Wildman–Crippen MR) is 78.3 cm³/mol. The summed E-state index contributed by atoms with van der Waals surface area (Å²) in [6.07, 6.45) is -2.76. The Bertz CT molecular complexity index is 681. The van der Waals surface area contributed by atoms with E-state index in [4.69, 9.17) is 0 Å². The summed E-state index contributed by atoms with van der Waals surface area (Å²) in [7, 11) is -3.28. The topological polar surface area (TPSA) is 66.5 Å². The van der Waals surface area contributed by atoms with Gasteiger partial charge in [-0.15, -0.1) is 0 Å². The molecule has 1 aliphatic heterocycles. The average molecular weight is 350 g/mol. The summed E-state index contributed by atoms with van der Waals surface area (Å²) in [6, 6.07) is 4.24. The van der Waals surface area contributed by atoms with Crippen molar-refractivity contribution in [2.75, 3.05) is 19.3 Å². The van der Waals surface area contributed by atoms with E-state index >= 15 is 0 Å². The Morgan fingerprint density at radius 2 is 1.78 bits per heavy atom. The van der Waals surface area contributed by atoms with Gasteiger partial charge in [0.25, 0.3) is 5.91 Å². The molecule has 1 aliphatic rings. The first kappa shape index (κ1) is 17.7. The quantitative estimate of drug-likeness (QED) is 0.905. The lowest BCUT2D eigenvalue weighted by Crippen LogP contribution is -2.46. The molecular weight excluding hydrogens is 333 g/mol. The Balaban J connectivity index is 2.05. The third-order valence-corrected chi connectivity index (χ3v) is 5.04. The maximum absolute atomic E-state index is 12.9. The standard InChI is InChI=1S/C14H17F3N2O3S/c1-23(21,22)19-8-6-10(7-9-19)18-13(20)11-4-2-3-5-12(11)14(15,16)17/h2-5,10H,6-9H2,1H3,(H,18,20). The summed E-state index contributed by atoms with van der Waals surface area (Å²) >= 11 is 0. The number of hydrogen-bond donors (Lipinski definition) is 1. The molecule has 1 aromatic rings. The number of alkyl halides is 3. The van der Waals surface area contributed by atoms with Crippen LogP contribution < -0.4 is 5.32 Å². The smallest absolute Gasteiger partial charge is 0.349 e. The molecule has 0 saturated carbocycles. The molecule has 1 heterocycles. The van der Waals surface area contributed by atoms with Crippen LogP contribution in [0.2, 0.25) is 0 Å². The van der Waals surface area contributed by atoms with Gasteiger partial charge in [0.2, 0.25) is 10.0 Å². The molecule has 0 bridgehead atoms. The van der Waals surface area contributed by atoms with E-state index < -0.39 is 33.2 Å². The van der Waals surface area contributed by atoms with Gasteiger partial charge in [-0.3, -0.25) is 4.79 Å². The molecule has 0 aromatic heterocycles. The van der Waals surface area contributed by atoms with E-state index in [0.29, 0.717) is 12.8 Å². The summed E-state index contributed by atoms with van der Waals surface area (Å²) in [5.41, 5.74) is -1.41. The van der Waals surface area contributed by atoms with Crippen LogP contribution >= 0.6 is 0 Å². The van der Waals surface area contributed by atoms with E-state index in [2.05, 4.69) is 5.32 Å². The lowest BCUT2D eigenvalue weighted by molar-refractivity contribution is -0.137. The number of carbonyl (C=O) groups is 1. The Labute approximate surface area is 132 Å². The lowest BCUT2D eigenvalue weighted by Gasteiger charge is -2.30. The van der Waals surface area contributed by atoms with E-state index in [1.807, 2.05) is 0 Å². The molecule has 23 heavy (non-hydrogen) atoms. The molecule has 1 saturated heterocycles. The van der Waals surface area contributed by atoms with Crippen LogP contribution in [0.1, 0.15) is 28.8 Å². The fourth-order valence-corrected chi connectivity index (χ4v) is 3.40. The number of hydrogen-bond acceptors (Lipinski definition) is 3. The summed E-state index contributed by atoms with van der Waals surface area (Å²) in [5, 5.41) is 2.56. The number of piperidine rings is 1. The first-order valence-electron chi connectivity index (χ1n) is 7.01. The number of nitrogens with zero attached hydrogens (tertiary/aromatic N) is 1. The van der Waals surface area contributed by atoms with E-state index in [1.54, 1.807) is 0 Å². The van der Waals surface area contributed by atoms with Crippen molar-refractivity contribution in [3.63, 3.8) is 0 Å². The van der Waals surface area contributed by atoms with Crippen molar-refractivity contribution in [2.45, 2.75) is 25.1 Å². The summed E-state index contributed by atoms with van der Waals surface area (Å²) < 4.78 is 62.9. The van der Waals surface area contributed by atoms with Gasteiger partial charge in [-0.05, 0) is 25.0 Å². The van der Waals surface area contributed by atoms with Crippen LogP contribution in [0, 0.1) is 0 Å². The van der Waals surface area contributed by atoms with Crippen LogP contribution in [0.3, 0.4) is 0 Å². The van der Waals surface area contributed by atoms with Crippen molar-refractivity contribution in [3.05, 3.63) is 35.4 Å². The highest BCUT2D eigenvalue weighted by Gasteiger charge is 2.35. The molecule has 9 heteroatoms. The largest absolute Gasteiger partial charge is 0.417 e. The molecule has 2 rings (SSSR count). The summed E-state index contributed by atoms with van der Waals surface area (Å²) in [4.78, 5) is 12.1. The molecule has 0 aliphatic carbocycles. The minimum absolute atomic E-state index is 0.241. The average Bonchev–Trinajstić information content (AvgIpc) is 2.46. The fraction of sp³-hybridized carbons (Fsp3) is 0.500. The van der Waals surface area contributed by atoms with E-state index in [1.165, 1.54) is 16.4 Å². The van der Waals surface area contributed by atoms with Gasteiger partial charge in [-0.2, -0.15) is 13.2 Å². The Morgan fingerprint density at radius 1 is 1.22 bits per heavy atom. The number of benzene rings is 1. The highest BCUT2D eigenvalue weighted by Crippen LogP contribution is 2.31. The maximum atomic E-state index is 12.9. The normalized spacial score (nSPS) is 17.9. The highest BCUT2D eigenvalue weighted by molar-refractivity contribution is 7.88. The van der Waals surface area contributed by atoms with Crippen molar-refractivity contribution in [2.24, 2.45) is 0 Å². The van der Waals surface area contributed by atoms with Gasteiger partial charge < -0.3 is 5.32 Å². The van der Waals surface area contributed by atoms with Crippen LogP contribution in [0.5, 0.6) is 0 Å². The van der Waals surface area contributed by atoms with Crippen LogP contribution in [0.15, 0.2) is 24.3 Å². The molecule has 0 radical (unpaired) electrons. The number of nitrogens with one attached hydrogen (secondary N) is 1. The number of halogens is 3. The molecule has 1 fully saturated rings. The van der Waals surface area contributed by atoms with Gasteiger partial charge in [-0.25, -0.2) is 12.7 Å². The Hall–Kier alpha value is -1.61. The number of carbonyl (C=O) groups excluding carboxylic acids is 1. The van der Waals surface area contributed by atoms with Crippen LogP contribution in [-0.4, -0.2) is 44.0 Å². The Morgan fingerprint density at radius 3 is 2.30 bits per heavy atom. The number of sulfonamides is 1. The van der Waals surface area contributed by atoms with Crippen LogP contribution in [0.25, 0.3) is 0 Å². The zero-order chi connectivity index (χ0) is 17.3. The molecule has 128 valence electrons. The third-order valence-electron chi connectivity index (χ3n) is 3.74. The molecule has 5 nitrogen and oxygen atoms in total.